The summed E-state index contributed by atoms with van der Waals surface area (Å²) < 4.78 is 7.48. The number of rotatable bonds is 8. The van der Waals surface area contributed by atoms with Gasteiger partial charge in [-0.05, 0) is 18.9 Å². The Bertz CT molecular complexity index is 485. The molecule has 0 aliphatic carbocycles. The second-order valence-electron chi connectivity index (χ2n) is 6.33. The molecule has 0 atom stereocenters. The molecule has 1 aliphatic heterocycles. The molecule has 0 bridgehead atoms. The van der Waals surface area contributed by atoms with Crippen molar-refractivity contribution in [3.05, 3.63) is 18.2 Å². The Hall–Kier alpha value is -0.870. The van der Waals surface area contributed by atoms with Crippen molar-refractivity contribution in [2.45, 2.75) is 33.4 Å². The van der Waals surface area contributed by atoms with Gasteiger partial charge in [0.05, 0.1) is 13.2 Å². The van der Waals surface area contributed by atoms with Gasteiger partial charge in [0.15, 0.2) is 5.96 Å². The minimum atomic E-state index is 0. The van der Waals surface area contributed by atoms with Gasteiger partial charge in [-0.3, -0.25) is 4.90 Å². The standard InChI is InChI=1S/C16H30N6O.HI/c1-14(2)13-22-7-5-18-15(22)12-20-16(17)19-4-3-6-21-8-10-23-11-9-21;/h5,7,14H,3-4,6,8-13H2,1-2H3,(H3,17,19,20);1H. The van der Waals surface area contributed by atoms with Gasteiger partial charge in [0.25, 0.3) is 0 Å². The van der Waals surface area contributed by atoms with Crippen LogP contribution >= 0.6 is 24.0 Å². The van der Waals surface area contributed by atoms with Crippen molar-refractivity contribution in [1.82, 2.24) is 19.8 Å². The molecule has 3 N–H and O–H groups in total. The molecule has 24 heavy (non-hydrogen) atoms. The molecular weight excluding hydrogens is 419 g/mol. The SMILES string of the molecule is CC(C)Cn1ccnc1CN=C(N)NCCCN1CCOCC1.I. The zero-order valence-electron chi connectivity index (χ0n) is 14.8. The number of halogens is 1. The zero-order chi connectivity index (χ0) is 16.5. The predicted molar refractivity (Wildman–Crippen MR) is 108 cm³/mol. The number of hydrogen-bond acceptors (Lipinski definition) is 4. The maximum absolute atomic E-state index is 5.93. The number of morpholine rings is 1. The van der Waals surface area contributed by atoms with E-state index in [-0.39, 0.29) is 24.0 Å². The first-order valence-electron chi connectivity index (χ1n) is 8.49. The van der Waals surface area contributed by atoms with Crippen LogP contribution in [0.15, 0.2) is 17.4 Å². The van der Waals surface area contributed by atoms with E-state index in [2.05, 4.69) is 38.6 Å². The Morgan fingerprint density at radius 2 is 2.17 bits per heavy atom. The Kier molecular flexibility index (Phi) is 10.3. The molecule has 0 unspecified atom stereocenters. The molecule has 1 aliphatic rings. The summed E-state index contributed by atoms with van der Waals surface area (Å²) in [6, 6.07) is 0. The first-order chi connectivity index (χ1) is 11.1. The van der Waals surface area contributed by atoms with Crippen LogP contribution in [0.3, 0.4) is 0 Å². The van der Waals surface area contributed by atoms with Crippen molar-refractivity contribution in [3.8, 4) is 0 Å². The topological polar surface area (TPSA) is 80.7 Å². The maximum atomic E-state index is 5.93. The largest absolute Gasteiger partial charge is 0.379 e. The summed E-state index contributed by atoms with van der Waals surface area (Å²) in [4.78, 5) is 11.2. The van der Waals surface area contributed by atoms with Crippen molar-refractivity contribution < 1.29 is 4.74 Å². The van der Waals surface area contributed by atoms with Gasteiger partial charge in [0, 0.05) is 38.6 Å². The minimum Gasteiger partial charge on any atom is -0.379 e. The van der Waals surface area contributed by atoms with E-state index in [0.717, 1.165) is 58.2 Å². The average Bonchev–Trinajstić information content (AvgIpc) is 2.97. The molecule has 0 radical (unpaired) electrons. The molecule has 8 heteroatoms. The highest BCUT2D eigenvalue weighted by Crippen LogP contribution is 2.04. The fourth-order valence-electron chi connectivity index (χ4n) is 2.61. The van der Waals surface area contributed by atoms with Crippen molar-refractivity contribution in [2.24, 2.45) is 16.6 Å². The molecule has 1 aromatic rings. The number of imidazole rings is 1. The molecule has 2 rings (SSSR count). The van der Waals surface area contributed by atoms with Crippen LogP contribution in [0.5, 0.6) is 0 Å². The number of nitrogens with two attached hydrogens (primary N) is 1. The first kappa shape index (κ1) is 21.2. The fourth-order valence-corrected chi connectivity index (χ4v) is 2.61. The van der Waals surface area contributed by atoms with E-state index in [9.17, 15) is 0 Å². The van der Waals surface area contributed by atoms with Gasteiger partial charge in [-0.25, -0.2) is 9.98 Å². The molecule has 0 amide bonds. The van der Waals surface area contributed by atoms with Crippen LogP contribution in [-0.4, -0.2) is 59.8 Å². The maximum Gasteiger partial charge on any atom is 0.189 e. The summed E-state index contributed by atoms with van der Waals surface area (Å²) in [7, 11) is 0. The zero-order valence-corrected chi connectivity index (χ0v) is 17.1. The second-order valence-corrected chi connectivity index (χ2v) is 6.33. The number of aliphatic imine (C=N–C) groups is 1. The monoisotopic (exact) mass is 450 g/mol. The first-order valence-corrected chi connectivity index (χ1v) is 8.49. The Balaban J connectivity index is 0.00000288. The van der Waals surface area contributed by atoms with Gasteiger partial charge in [0.2, 0.25) is 0 Å². The van der Waals surface area contributed by atoms with Gasteiger partial charge in [0.1, 0.15) is 12.4 Å². The molecule has 1 saturated heterocycles. The van der Waals surface area contributed by atoms with Crippen molar-refractivity contribution in [3.63, 3.8) is 0 Å². The van der Waals surface area contributed by atoms with Gasteiger partial charge in [-0.1, -0.05) is 13.8 Å². The summed E-state index contributed by atoms with van der Waals surface area (Å²) in [5.74, 6) is 2.03. The van der Waals surface area contributed by atoms with Gasteiger partial charge in [-0.15, -0.1) is 24.0 Å². The van der Waals surface area contributed by atoms with Crippen molar-refractivity contribution in [2.75, 3.05) is 39.4 Å². The number of hydrogen-bond donors (Lipinski definition) is 2. The number of ether oxygens (including phenoxy) is 1. The average molecular weight is 450 g/mol. The lowest BCUT2D eigenvalue weighted by Gasteiger charge is -2.26. The molecule has 0 spiro atoms. The third kappa shape index (κ3) is 7.80. The van der Waals surface area contributed by atoms with Crippen LogP contribution in [0.25, 0.3) is 0 Å². The number of guanidine groups is 1. The Morgan fingerprint density at radius 1 is 1.42 bits per heavy atom. The van der Waals surface area contributed by atoms with Crippen molar-refractivity contribution >= 4 is 29.9 Å². The van der Waals surface area contributed by atoms with E-state index in [1.807, 2.05) is 12.4 Å². The molecule has 0 saturated carbocycles. The molecule has 1 fully saturated rings. The third-order valence-electron chi connectivity index (χ3n) is 3.82. The lowest BCUT2D eigenvalue weighted by atomic mass is 10.2. The van der Waals surface area contributed by atoms with Crippen LogP contribution in [0, 0.1) is 5.92 Å². The molecule has 0 aromatic carbocycles. The molecule has 7 nitrogen and oxygen atoms in total. The molecule has 2 heterocycles. The summed E-state index contributed by atoms with van der Waals surface area (Å²) in [5, 5.41) is 3.18. The fraction of sp³-hybridized carbons (Fsp3) is 0.750. The third-order valence-corrected chi connectivity index (χ3v) is 3.82. The normalized spacial score (nSPS) is 16.2. The van der Waals surface area contributed by atoms with Crippen LogP contribution in [0.1, 0.15) is 26.1 Å². The van der Waals surface area contributed by atoms with Gasteiger partial charge in [-0.2, -0.15) is 0 Å². The number of nitrogens with one attached hydrogen (secondary N) is 1. The lowest BCUT2D eigenvalue weighted by Crippen LogP contribution is -2.39. The summed E-state index contributed by atoms with van der Waals surface area (Å²) in [6.45, 7) is 11.5. The van der Waals surface area contributed by atoms with Gasteiger partial charge >= 0.3 is 0 Å². The van der Waals surface area contributed by atoms with Crippen LogP contribution in [-0.2, 0) is 17.8 Å². The van der Waals surface area contributed by atoms with Crippen LogP contribution in [0.2, 0.25) is 0 Å². The van der Waals surface area contributed by atoms with E-state index in [0.29, 0.717) is 18.4 Å². The Labute approximate surface area is 162 Å². The Morgan fingerprint density at radius 3 is 2.88 bits per heavy atom. The predicted octanol–water partition coefficient (Wildman–Crippen LogP) is 1.28. The van der Waals surface area contributed by atoms with Gasteiger partial charge < -0.3 is 20.4 Å². The quantitative estimate of drug-likeness (QED) is 0.270. The van der Waals surface area contributed by atoms with Crippen LogP contribution in [0.4, 0.5) is 0 Å². The number of nitrogens with zero attached hydrogens (tertiary/aromatic N) is 4. The minimum absolute atomic E-state index is 0. The van der Waals surface area contributed by atoms with E-state index in [1.54, 1.807) is 0 Å². The molecular formula is C16H31IN6O. The second kappa shape index (κ2) is 11.6. The summed E-state index contributed by atoms with van der Waals surface area (Å²) in [6.07, 6.45) is 4.87. The summed E-state index contributed by atoms with van der Waals surface area (Å²) >= 11 is 0. The highest BCUT2D eigenvalue weighted by Gasteiger charge is 2.09. The molecule has 138 valence electrons. The molecule has 1 aromatic heterocycles. The van der Waals surface area contributed by atoms with E-state index in [4.69, 9.17) is 10.5 Å². The highest BCUT2D eigenvalue weighted by atomic mass is 127. The highest BCUT2D eigenvalue weighted by molar-refractivity contribution is 14.0. The van der Waals surface area contributed by atoms with Crippen molar-refractivity contribution in [1.29, 1.82) is 0 Å². The van der Waals surface area contributed by atoms with Crippen LogP contribution < -0.4 is 11.1 Å². The number of aromatic nitrogens is 2. The summed E-state index contributed by atoms with van der Waals surface area (Å²) in [5.41, 5.74) is 5.93. The lowest BCUT2D eigenvalue weighted by molar-refractivity contribution is 0.0376. The smallest absolute Gasteiger partial charge is 0.189 e. The van der Waals surface area contributed by atoms with E-state index >= 15 is 0 Å². The van der Waals surface area contributed by atoms with E-state index in [1.165, 1.54) is 0 Å². The van der Waals surface area contributed by atoms with E-state index < -0.39 is 0 Å².